The first-order chi connectivity index (χ1) is 24.4. The SMILES string of the molecule is O=S(=O)(NC1CC2=C(c3ccn(C(F)F)n3)[C@H](c3ccc(F)cc3Cl)N=C(c3nccs3)N2C1)C1C2CCC1CC(O)(C(O)c1ccccn1)C2. The summed E-state index contributed by atoms with van der Waals surface area (Å²) >= 11 is 7.89. The number of rotatable bonds is 9. The Balaban J connectivity index is 1.13. The third-order valence-corrected chi connectivity index (χ3v) is 13.7. The van der Waals surface area contributed by atoms with Crippen LogP contribution in [0, 0.1) is 17.7 Å². The largest absolute Gasteiger partial charge is 0.387 e. The van der Waals surface area contributed by atoms with Gasteiger partial charge in [-0.25, -0.2) is 27.2 Å². The molecule has 4 aliphatic rings. The lowest BCUT2D eigenvalue weighted by Gasteiger charge is -2.43. The molecule has 3 fully saturated rings. The van der Waals surface area contributed by atoms with Gasteiger partial charge in [-0.15, -0.1) is 11.3 Å². The Bertz CT molecular complexity index is 2100. The maximum absolute atomic E-state index is 14.3. The van der Waals surface area contributed by atoms with E-state index in [-0.39, 0.29) is 48.4 Å². The molecule has 268 valence electrons. The number of sulfonamides is 1. The van der Waals surface area contributed by atoms with Crippen molar-refractivity contribution < 1.29 is 31.8 Å². The van der Waals surface area contributed by atoms with Gasteiger partial charge in [0.05, 0.1) is 22.2 Å². The average Bonchev–Trinajstić information content (AvgIpc) is 3.91. The van der Waals surface area contributed by atoms with Crippen molar-refractivity contribution in [3.63, 3.8) is 0 Å². The molecule has 8 rings (SSSR count). The van der Waals surface area contributed by atoms with E-state index in [0.29, 0.717) is 50.9 Å². The summed E-state index contributed by atoms with van der Waals surface area (Å²) in [6.45, 7) is -2.73. The Hall–Kier alpha value is -3.67. The number of aliphatic imine (C=N–C) groups is 1. The molecule has 5 heterocycles. The van der Waals surface area contributed by atoms with E-state index in [2.05, 4.69) is 19.8 Å². The second kappa shape index (κ2) is 13.1. The lowest BCUT2D eigenvalue weighted by atomic mass is 9.73. The molecular weight excluding hydrogens is 727 g/mol. The van der Waals surface area contributed by atoms with Gasteiger partial charge in [0.1, 0.15) is 18.0 Å². The number of aliphatic hydroxyl groups excluding tert-OH is 1. The highest BCUT2D eigenvalue weighted by atomic mass is 35.5. The van der Waals surface area contributed by atoms with Crippen LogP contribution in [0.4, 0.5) is 13.2 Å². The number of nitrogens with one attached hydrogen (secondary N) is 1. The number of aromatic nitrogens is 4. The van der Waals surface area contributed by atoms with E-state index in [1.165, 1.54) is 35.7 Å². The Labute approximate surface area is 300 Å². The molecular formula is C34H33ClF3N7O4S2. The monoisotopic (exact) mass is 759 g/mol. The summed E-state index contributed by atoms with van der Waals surface area (Å²) < 4.78 is 73.7. The van der Waals surface area contributed by atoms with E-state index >= 15 is 0 Å². The van der Waals surface area contributed by atoms with E-state index in [0.717, 1.165) is 12.3 Å². The van der Waals surface area contributed by atoms with Gasteiger partial charge in [0.25, 0.3) is 0 Å². The number of thiazole rings is 1. The number of nitrogens with zero attached hydrogens (tertiary/aromatic N) is 6. The molecule has 3 aromatic heterocycles. The molecule has 3 N–H and O–H groups in total. The highest BCUT2D eigenvalue weighted by Crippen LogP contribution is 2.53. The van der Waals surface area contributed by atoms with Gasteiger partial charge in [-0.2, -0.15) is 13.9 Å². The molecule has 2 aliphatic heterocycles. The van der Waals surface area contributed by atoms with Crippen molar-refractivity contribution in [2.24, 2.45) is 16.8 Å². The van der Waals surface area contributed by atoms with Gasteiger partial charge < -0.3 is 15.1 Å². The van der Waals surface area contributed by atoms with Crippen LogP contribution in [0.1, 0.15) is 72.8 Å². The molecule has 11 nitrogen and oxygen atoms in total. The highest BCUT2D eigenvalue weighted by molar-refractivity contribution is 7.90. The van der Waals surface area contributed by atoms with Gasteiger partial charge in [0.15, 0.2) is 10.8 Å². The number of alkyl halides is 2. The summed E-state index contributed by atoms with van der Waals surface area (Å²) in [7, 11) is -3.97. The average molecular weight is 760 g/mol. The molecule has 2 aliphatic carbocycles. The Kier molecular flexibility index (Phi) is 8.82. The molecule has 4 unspecified atom stereocenters. The van der Waals surface area contributed by atoms with Gasteiger partial charge in [-0.05, 0) is 67.9 Å². The zero-order chi connectivity index (χ0) is 35.7. The van der Waals surface area contributed by atoms with Gasteiger partial charge in [-0.1, -0.05) is 23.7 Å². The van der Waals surface area contributed by atoms with Gasteiger partial charge in [0, 0.05) is 64.8 Å². The molecule has 5 atom stereocenters. The lowest BCUT2D eigenvalue weighted by Crippen LogP contribution is -2.53. The van der Waals surface area contributed by atoms with Crippen LogP contribution in [0.2, 0.25) is 5.02 Å². The number of fused-ring (bicyclic) bond motifs is 3. The second-order valence-corrected chi connectivity index (χ2v) is 16.8. The normalized spacial score (nSPS) is 28.3. The number of halogens is 4. The zero-order valence-corrected chi connectivity index (χ0v) is 29.2. The summed E-state index contributed by atoms with van der Waals surface area (Å²) in [4.78, 5) is 15.5. The van der Waals surface area contributed by atoms with Crippen molar-refractivity contribution in [1.29, 1.82) is 0 Å². The fourth-order valence-corrected chi connectivity index (χ4v) is 11.6. The van der Waals surface area contributed by atoms with Crippen LogP contribution < -0.4 is 4.72 Å². The third-order valence-electron chi connectivity index (χ3n) is 10.5. The smallest absolute Gasteiger partial charge is 0.333 e. The summed E-state index contributed by atoms with van der Waals surface area (Å²) in [5, 5.41) is 28.5. The number of hydrogen-bond donors (Lipinski definition) is 3. The summed E-state index contributed by atoms with van der Waals surface area (Å²) in [6.07, 6.45) is 4.61. The number of aliphatic hydroxyl groups is 2. The van der Waals surface area contributed by atoms with Crippen LogP contribution in [0.25, 0.3) is 5.57 Å². The maximum Gasteiger partial charge on any atom is 0.333 e. The van der Waals surface area contributed by atoms with E-state index in [4.69, 9.17) is 16.6 Å². The van der Waals surface area contributed by atoms with Crippen molar-refractivity contribution in [2.75, 3.05) is 6.54 Å². The fraction of sp³-hybridized carbons (Fsp3) is 0.412. The molecule has 51 heavy (non-hydrogen) atoms. The lowest BCUT2D eigenvalue weighted by molar-refractivity contribution is -0.114. The van der Waals surface area contributed by atoms with E-state index < -0.39 is 51.4 Å². The Morgan fingerprint density at radius 3 is 2.51 bits per heavy atom. The minimum Gasteiger partial charge on any atom is -0.387 e. The predicted molar refractivity (Wildman–Crippen MR) is 184 cm³/mol. The van der Waals surface area contributed by atoms with Gasteiger partial charge >= 0.3 is 6.55 Å². The van der Waals surface area contributed by atoms with E-state index in [9.17, 15) is 31.8 Å². The summed E-state index contributed by atoms with van der Waals surface area (Å²) in [5.41, 5.74) is 0.480. The first-order valence-electron chi connectivity index (χ1n) is 16.5. The minimum atomic E-state index is -3.97. The maximum atomic E-state index is 14.3. The molecule has 1 saturated heterocycles. The van der Waals surface area contributed by atoms with Crippen molar-refractivity contribution in [1.82, 2.24) is 29.4 Å². The van der Waals surface area contributed by atoms with Crippen molar-refractivity contribution in [3.05, 3.63) is 105 Å². The Morgan fingerprint density at radius 2 is 1.86 bits per heavy atom. The van der Waals surface area contributed by atoms with Crippen molar-refractivity contribution in [3.8, 4) is 0 Å². The number of hydrogen-bond acceptors (Lipinski definition) is 10. The second-order valence-electron chi connectivity index (χ2n) is 13.6. The quantitative estimate of drug-likeness (QED) is 0.204. The van der Waals surface area contributed by atoms with Gasteiger partial charge in [-0.3, -0.25) is 9.98 Å². The van der Waals surface area contributed by atoms with Crippen molar-refractivity contribution >= 4 is 44.4 Å². The molecule has 1 aromatic carbocycles. The molecule has 2 saturated carbocycles. The molecule has 0 spiro atoms. The first kappa shape index (κ1) is 34.4. The topological polar surface area (TPSA) is 146 Å². The molecule has 17 heteroatoms. The molecule has 2 bridgehead atoms. The number of benzene rings is 1. The van der Waals surface area contributed by atoms with Crippen LogP contribution >= 0.6 is 22.9 Å². The number of pyridine rings is 1. The molecule has 0 amide bonds. The Morgan fingerprint density at radius 1 is 1.08 bits per heavy atom. The van der Waals surface area contributed by atoms with E-state index in [1.807, 2.05) is 4.90 Å². The van der Waals surface area contributed by atoms with Crippen LogP contribution in [0.15, 0.2) is 77.1 Å². The summed E-state index contributed by atoms with van der Waals surface area (Å²) in [5.74, 6) is -0.896. The number of amidine groups is 1. The molecule has 4 aromatic rings. The van der Waals surface area contributed by atoms with Crippen molar-refractivity contribution in [2.45, 2.75) is 67.7 Å². The highest BCUT2D eigenvalue weighted by Gasteiger charge is 2.57. The van der Waals surface area contributed by atoms with Crippen LogP contribution in [-0.2, 0) is 10.0 Å². The fourth-order valence-electron chi connectivity index (χ4n) is 8.46. The zero-order valence-electron chi connectivity index (χ0n) is 26.9. The minimum absolute atomic E-state index is 0.0817. The molecule has 0 radical (unpaired) electrons. The van der Waals surface area contributed by atoms with Crippen LogP contribution in [0.3, 0.4) is 0 Å². The standard InChI is InChI=1S/C34H33ClF3N7O4S2/c35-23-13-20(36)6-7-22(23)28-27(24-8-11-45(42-24)33(37)38)26-14-21(17-44(26)31(41-28)32-40-10-12-50-32)43-51(48,49)29-18-4-5-19(29)16-34(47,15-18)30(46)25-3-1-2-9-39-25/h1-3,6-13,18-19,21,28-30,33,43,46-47H,4-5,14-17H2/t18?,19?,21?,28-,29?,30?,34?/m0/s1. The van der Waals surface area contributed by atoms with Crippen LogP contribution in [0.5, 0.6) is 0 Å². The van der Waals surface area contributed by atoms with Crippen LogP contribution in [-0.4, -0.2) is 72.6 Å². The first-order valence-corrected chi connectivity index (χ1v) is 19.3. The predicted octanol–water partition coefficient (Wildman–Crippen LogP) is 5.48. The summed E-state index contributed by atoms with van der Waals surface area (Å²) in [6, 6.07) is 8.88. The van der Waals surface area contributed by atoms with Gasteiger partial charge in [0.2, 0.25) is 10.0 Å². The van der Waals surface area contributed by atoms with E-state index in [1.54, 1.807) is 29.8 Å². The third kappa shape index (κ3) is 6.18.